The molecule has 0 fully saturated rings. The summed E-state index contributed by atoms with van der Waals surface area (Å²) in [5.41, 5.74) is 8.89. The predicted octanol–water partition coefficient (Wildman–Crippen LogP) is 3.58. The van der Waals surface area contributed by atoms with Crippen LogP contribution >= 0.6 is 0 Å². The van der Waals surface area contributed by atoms with E-state index in [4.69, 9.17) is 5.73 Å². The molecule has 0 bridgehead atoms. The molecule has 1 aromatic heterocycles. The second-order valence-corrected chi connectivity index (χ2v) is 5.40. The lowest BCUT2D eigenvalue weighted by molar-refractivity contribution is 0.450. The molecule has 0 saturated heterocycles. The van der Waals surface area contributed by atoms with E-state index in [-0.39, 0.29) is 0 Å². The van der Waals surface area contributed by atoms with Gasteiger partial charge in [0, 0.05) is 0 Å². The highest BCUT2D eigenvalue weighted by Crippen LogP contribution is 2.24. The molecule has 0 amide bonds. The number of nitrogens with two attached hydrogens (primary N) is 1. The van der Waals surface area contributed by atoms with E-state index in [1.165, 1.54) is 31.2 Å². The fraction of sp³-hybridized carbons (Fsp3) is 0.500. The number of fused-ring (bicyclic) bond motifs is 1. The van der Waals surface area contributed by atoms with Gasteiger partial charge in [0.1, 0.15) is 11.3 Å². The Hall–Kier alpha value is -1.84. The molecule has 0 saturated carbocycles. The predicted molar refractivity (Wildman–Crippen MR) is 84.1 cm³/mol. The van der Waals surface area contributed by atoms with Crippen LogP contribution < -0.4 is 5.73 Å². The summed E-state index contributed by atoms with van der Waals surface area (Å²) in [4.78, 5) is 0. The molecule has 1 unspecified atom stereocenters. The average molecular weight is 272 g/mol. The Bertz CT molecular complexity index is 585. The minimum atomic E-state index is 0.405. The van der Waals surface area contributed by atoms with E-state index in [0.29, 0.717) is 11.7 Å². The molecule has 0 aliphatic carbocycles. The van der Waals surface area contributed by atoms with Gasteiger partial charge in [-0.2, -0.15) is 4.68 Å². The van der Waals surface area contributed by atoms with Crippen molar-refractivity contribution in [2.45, 2.75) is 46.0 Å². The van der Waals surface area contributed by atoms with E-state index >= 15 is 0 Å². The third-order valence-corrected chi connectivity index (χ3v) is 3.88. The Morgan fingerprint density at radius 3 is 2.85 bits per heavy atom. The summed E-state index contributed by atoms with van der Waals surface area (Å²) < 4.78 is 1.60. The fourth-order valence-electron chi connectivity index (χ4n) is 2.63. The monoisotopic (exact) mass is 272 g/mol. The molecule has 1 heterocycles. The average Bonchev–Trinajstić information content (AvgIpc) is 2.88. The second kappa shape index (κ2) is 6.55. The van der Waals surface area contributed by atoms with Crippen molar-refractivity contribution >= 4 is 16.9 Å². The highest BCUT2D eigenvalue weighted by Gasteiger charge is 2.13. The Balaban J connectivity index is 2.28. The lowest BCUT2D eigenvalue weighted by Gasteiger charge is -2.14. The van der Waals surface area contributed by atoms with Crippen LogP contribution in [0.5, 0.6) is 0 Å². The van der Waals surface area contributed by atoms with Crippen LogP contribution in [0.4, 0.5) is 0 Å². The minimum Gasteiger partial charge on any atom is -0.384 e. The highest BCUT2D eigenvalue weighted by atomic mass is 15.4. The summed E-state index contributed by atoms with van der Waals surface area (Å²) in [6.07, 6.45) is 6.09. The molecular formula is C16H24N4. The van der Waals surface area contributed by atoms with Gasteiger partial charge in [-0.3, -0.25) is 0 Å². The zero-order valence-corrected chi connectivity index (χ0v) is 12.5. The van der Waals surface area contributed by atoms with Crippen LogP contribution in [0, 0.1) is 5.92 Å². The van der Waals surface area contributed by atoms with E-state index in [1.54, 1.807) is 4.68 Å². The van der Waals surface area contributed by atoms with E-state index in [2.05, 4.69) is 36.8 Å². The van der Waals surface area contributed by atoms with Gasteiger partial charge in [0.25, 0.3) is 0 Å². The van der Waals surface area contributed by atoms with Gasteiger partial charge in [-0.15, -0.1) is 5.10 Å². The number of benzene rings is 1. The zero-order valence-electron chi connectivity index (χ0n) is 12.5. The van der Waals surface area contributed by atoms with Gasteiger partial charge in [0.15, 0.2) is 0 Å². The van der Waals surface area contributed by atoms with Crippen molar-refractivity contribution in [3.8, 4) is 0 Å². The van der Waals surface area contributed by atoms with Gasteiger partial charge in [0.2, 0.25) is 0 Å². The molecule has 0 aliphatic rings. The molecule has 1 atom stereocenters. The summed E-state index contributed by atoms with van der Waals surface area (Å²) in [7, 11) is 0. The Labute approximate surface area is 120 Å². The molecule has 4 nitrogen and oxygen atoms in total. The number of nitrogens with zero attached hydrogens (tertiary/aromatic N) is 3. The number of unbranched alkanes of at least 4 members (excludes halogenated alkanes) is 1. The summed E-state index contributed by atoms with van der Waals surface area (Å²) in [5.74, 6) is 1.12. The van der Waals surface area contributed by atoms with Crippen LogP contribution in [0.3, 0.4) is 0 Å². The standard InChI is InChI=1S/C16H24N4/c1-4-6-8-13(5-2)11-14-9-7-10-15-16(14)18-19-20(15)12(3)17/h7,9-10,13H,3-6,8,11,17H2,1-2H3. The number of hydrogen-bond donors (Lipinski definition) is 1. The van der Waals surface area contributed by atoms with Crippen LogP contribution in [0.1, 0.15) is 45.1 Å². The zero-order chi connectivity index (χ0) is 14.5. The molecule has 2 N–H and O–H groups in total. The van der Waals surface area contributed by atoms with Crippen LogP contribution in [0.15, 0.2) is 24.8 Å². The number of hydrogen-bond acceptors (Lipinski definition) is 3. The van der Waals surface area contributed by atoms with Crippen molar-refractivity contribution in [2.24, 2.45) is 11.7 Å². The van der Waals surface area contributed by atoms with Crippen LogP contribution in [-0.2, 0) is 6.42 Å². The normalized spacial score (nSPS) is 12.7. The fourth-order valence-corrected chi connectivity index (χ4v) is 2.63. The molecule has 0 radical (unpaired) electrons. The van der Waals surface area contributed by atoms with E-state index < -0.39 is 0 Å². The third kappa shape index (κ3) is 3.00. The van der Waals surface area contributed by atoms with Crippen molar-refractivity contribution < 1.29 is 0 Å². The maximum absolute atomic E-state index is 5.73. The summed E-state index contributed by atoms with van der Waals surface area (Å²) >= 11 is 0. The SMILES string of the molecule is C=C(N)n1nnc2c(CC(CC)CCCC)cccc21. The van der Waals surface area contributed by atoms with Gasteiger partial charge in [-0.1, -0.05) is 63.5 Å². The maximum atomic E-state index is 5.73. The summed E-state index contributed by atoms with van der Waals surface area (Å²) in [6.45, 7) is 8.24. The molecule has 4 heteroatoms. The maximum Gasteiger partial charge on any atom is 0.120 e. The van der Waals surface area contributed by atoms with Crippen molar-refractivity contribution in [2.75, 3.05) is 0 Å². The number of rotatable bonds is 7. The number of aromatic nitrogens is 3. The quantitative estimate of drug-likeness (QED) is 0.838. The van der Waals surface area contributed by atoms with Crippen molar-refractivity contribution in [3.05, 3.63) is 30.3 Å². The van der Waals surface area contributed by atoms with E-state index in [9.17, 15) is 0 Å². The molecular weight excluding hydrogens is 248 g/mol. The van der Waals surface area contributed by atoms with Crippen molar-refractivity contribution in [1.29, 1.82) is 0 Å². The van der Waals surface area contributed by atoms with Gasteiger partial charge < -0.3 is 5.73 Å². The highest BCUT2D eigenvalue weighted by molar-refractivity contribution is 5.80. The molecule has 20 heavy (non-hydrogen) atoms. The van der Waals surface area contributed by atoms with Crippen LogP contribution in [-0.4, -0.2) is 15.0 Å². The Morgan fingerprint density at radius 2 is 2.20 bits per heavy atom. The second-order valence-electron chi connectivity index (χ2n) is 5.40. The van der Waals surface area contributed by atoms with Gasteiger partial charge in [-0.05, 0) is 24.0 Å². The molecule has 0 aliphatic heterocycles. The first-order valence-corrected chi connectivity index (χ1v) is 7.45. The van der Waals surface area contributed by atoms with Crippen LogP contribution in [0.2, 0.25) is 0 Å². The first kappa shape index (κ1) is 14.6. The molecule has 0 spiro atoms. The molecule has 2 rings (SSSR count). The Morgan fingerprint density at radius 1 is 1.40 bits per heavy atom. The van der Waals surface area contributed by atoms with E-state index in [0.717, 1.165) is 17.5 Å². The topological polar surface area (TPSA) is 56.7 Å². The third-order valence-electron chi connectivity index (χ3n) is 3.88. The lowest BCUT2D eigenvalue weighted by Crippen LogP contribution is -2.06. The van der Waals surface area contributed by atoms with Crippen molar-refractivity contribution in [1.82, 2.24) is 15.0 Å². The first-order chi connectivity index (χ1) is 9.67. The Kier molecular flexibility index (Phi) is 4.77. The van der Waals surface area contributed by atoms with Crippen LogP contribution in [0.25, 0.3) is 16.9 Å². The smallest absolute Gasteiger partial charge is 0.120 e. The summed E-state index contributed by atoms with van der Waals surface area (Å²) in [6, 6.07) is 6.19. The van der Waals surface area contributed by atoms with Crippen molar-refractivity contribution in [3.63, 3.8) is 0 Å². The molecule has 1 aromatic carbocycles. The molecule has 2 aromatic rings. The van der Waals surface area contributed by atoms with Gasteiger partial charge in [0.05, 0.1) is 5.52 Å². The van der Waals surface area contributed by atoms with E-state index in [1.807, 2.05) is 12.1 Å². The molecule has 108 valence electrons. The first-order valence-electron chi connectivity index (χ1n) is 7.45. The summed E-state index contributed by atoms with van der Waals surface area (Å²) in [5, 5.41) is 8.37. The lowest BCUT2D eigenvalue weighted by atomic mass is 9.91. The largest absolute Gasteiger partial charge is 0.384 e. The van der Waals surface area contributed by atoms with Gasteiger partial charge >= 0.3 is 0 Å². The minimum absolute atomic E-state index is 0.405. The van der Waals surface area contributed by atoms with Gasteiger partial charge in [-0.25, -0.2) is 0 Å².